The van der Waals surface area contributed by atoms with Crippen molar-refractivity contribution in [2.45, 2.75) is 12.5 Å². The molecule has 2 atom stereocenters. The summed E-state index contributed by atoms with van der Waals surface area (Å²) >= 11 is 0. The summed E-state index contributed by atoms with van der Waals surface area (Å²) in [5.41, 5.74) is 4.40. The zero-order valence-corrected chi connectivity index (χ0v) is 19.0. The van der Waals surface area contributed by atoms with Gasteiger partial charge in [0.25, 0.3) is 0 Å². The number of carbonyl (C=O) groups excluding carboxylic acids is 1. The Morgan fingerprint density at radius 1 is 0.909 bits per heavy atom. The van der Waals surface area contributed by atoms with Gasteiger partial charge in [-0.3, -0.25) is 4.79 Å². The topological polar surface area (TPSA) is 54.0 Å². The van der Waals surface area contributed by atoms with Crippen molar-refractivity contribution in [3.05, 3.63) is 78.4 Å². The molecule has 6 nitrogen and oxygen atoms in total. The van der Waals surface area contributed by atoms with Crippen LogP contribution in [-0.4, -0.2) is 45.8 Å². The molecule has 6 heteroatoms. The Balaban J connectivity index is 1.43. The molecule has 1 fully saturated rings. The van der Waals surface area contributed by atoms with Gasteiger partial charge in [0.1, 0.15) is 0 Å². The smallest absolute Gasteiger partial charge is 0.229 e. The van der Waals surface area contributed by atoms with E-state index in [4.69, 9.17) is 9.47 Å². The van der Waals surface area contributed by atoms with E-state index in [0.29, 0.717) is 17.2 Å². The molecule has 1 amide bonds. The van der Waals surface area contributed by atoms with Crippen LogP contribution >= 0.6 is 0 Å². The lowest BCUT2D eigenvalue weighted by molar-refractivity contribution is -0.120. The summed E-state index contributed by atoms with van der Waals surface area (Å²) < 4.78 is 10.7. The fourth-order valence-electron chi connectivity index (χ4n) is 5.08. The van der Waals surface area contributed by atoms with Crippen molar-refractivity contribution in [3.63, 3.8) is 0 Å². The number of fused-ring (bicyclic) bond motifs is 3. The summed E-state index contributed by atoms with van der Waals surface area (Å²) in [6.07, 6.45) is 0.721. The molecule has 5 rings (SSSR count). The Labute approximate surface area is 194 Å². The third kappa shape index (κ3) is 4.09. The minimum Gasteiger partial charge on any atom is -0.493 e. The maximum Gasteiger partial charge on any atom is 0.229 e. The highest BCUT2D eigenvalue weighted by Crippen LogP contribution is 2.37. The second-order valence-electron chi connectivity index (χ2n) is 8.54. The van der Waals surface area contributed by atoms with Crippen molar-refractivity contribution in [1.82, 2.24) is 0 Å². The highest BCUT2D eigenvalue weighted by Gasteiger charge is 2.41. The number of rotatable bonds is 5. The largest absolute Gasteiger partial charge is 0.493 e. The molecule has 1 N–H and O–H groups in total. The predicted molar refractivity (Wildman–Crippen MR) is 132 cm³/mol. The summed E-state index contributed by atoms with van der Waals surface area (Å²) in [6.45, 7) is 2.62. The SMILES string of the molecule is COc1ccc(NC(=O)C2Cc3ccccc3N3CCN(c4ccccc4)CC23)cc1OC. The van der Waals surface area contributed by atoms with Gasteiger partial charge in [0.2, 0.25) is 5.91 Å². The van der Waals surface area contributed by atoms with E-state index >= 15 is 0 Å². The number of methoxy groups -OCH3 is 2. The van der Waals surface area contributed by atoms with Gasteiger partial charge in [-0.2, -0.15) is 0 Å². The standard InChI is InChI=1S/C27H29N3O3/c1-32-25-13-12-20(17-26(25)33-2)28-27(31)22-16-19-8-6-7-11-23(19)30-15-14-29(18-24(22)30)21-9-4-3-5-10-21/h3-13,17,22,24H,14-16,18H2,1-2H3,(H,28,31). The van der Waals surface area contributed by atoms with Gasteiger partial charge in [0.15, 0.2) is 11.5 Å². The first-order chi connectivity index (χ1) is 16.2. The van der Waals surface area contributed by atoms with Gasteiger partial charge in [0.05, 0.1) is 26.2 Å². The Morgan fingerprint density at radius 3 is 2.45 bits per heavy atom. The molecule has 1 saturated heterocycles. The number of hydrogen-bond acceptors (Lipinski definition) is 5. The second kappa shape index (κ2) is 9.06. The third-order valence-electron chi connectivity index (χ3n) is 6.73. The molecule has 2 aliphatic rings. The lowest BCUT2D eigenvalue weighted by atomic mass is 9.83. The average Bonchev–Trinajstić information content (AvgIpc) is 2.88. The van der Waals surface area contributed by atoms with E-state index in [1.54, 1.807) is 14.2 Å². The van der Waals surface area contributed by atoms with Crippen LogP contribution < -0.4 is 24.6 Å². The van der Waals surface area contributed by atoms with Gasteiger partial charge in [0, 0.05) is 42.8 Å². The van der Waals surface area contributed by atoms with Gasteiger partial charge in [-0.15, -0.1) is 0 Å². The normalized spacial score (nSPS) is 19.3. The van der Waals surface area contributed by atoms with Crippen molar-refractivity contribution in [2.75, 3.05) is 49.0 Å². The van der Waals surface area contributed by atoms with Crippen LogP contribution in [0.2, 0.25) is 0 Å². The van der Waals surface area contributed by atoms with Crippen LogP contribution in [0.1, 0.15) is 5.56 Å². The van der Waals surface area contributed by atoms with E-state index in [9.17, 15) is 4.79 Å². The third-order valence-corrected chi connectivity index (χ3v) is 6.73. The van der Waals surface area contributed by atoms with E-state index in [1.165, 1.54) is 16.9 Å². The maximum absolute atomic E-state index is 13.6. The van der Waals surface area contributed by atoms with Crippen LogP contribution in [0.25, 0.3) is 0 Å². The Morgan fingerprint density at radius 2 is 1.67 bits per heavy atom. The first-order valence-electron chi connectivity index (χ1n) is 11.4. The van der Waals surface area contributed by atoms with Crippen LogP contribution in [0.3, 0.4) is 0 Å². The van der Waals surface area contributed by atoms with Crippen LogP contribution in [0.4, 0.5) is 17.1 Å². The molecule has 0 spiro atoms. The fourth-order valence-corrected chi connectivity index (χ4v) is 5.08. The van der Waals surface area contributed by atoms with E-state index in [-0.39, 0.29) is 17.9 Å². The first-order valence-corrected chi connectivity index (χ1v) is 11.4. The van der Waals surface area contributed by atoms with E-state index < -0.39 is 0 Å². The number of nitrogens with zero attached hydrogens (tertiary/aromatic N) is 2. The van der Waals surface area contributed by atoms with Crippen molar-refractivity contribution in [1.29, 1.82) is 0 Å². The highest BCUT2D eigenvalue weighted by molar-refractivity contribution is 5.94. The molecule has 0 saturated carbocycles. The van der Waals surface area contributed by atoms with Crippen molar-refractivity contribution in [3.8, 4) is 11.5 Å². The van der Waals surface area contributed by atoms with Gasteiger partial charge in [-0.25, -0.2) is 0 Å². The number of anilines is 3. The minimum absolute atomic E-state index is 0.0293. The number of ether oxygens (including phenoxy) is 2. The van der Waals surface area contributed by atoms with Gasteiger partial charge < -0.3 is 24.6 Å². The first kappa shape index (κ1) is 21.2. The quantitative estimate of drug-likeness (QED) is 0.640. The lowest BCUT2D eigenvalue weighted by Gasteiger charge is -2.49. The summed E-state index contributed by atoms with van der Waals surface area (Å²) in [5.74, 6) is 1.10. The molecule has 2 heterocycles. The summed E-state index contributed by atoms with van der Waals surface area (Å²) in [6, 6.07) is 24.5. The van der Waals surface area contributed by atoms with E-state index in [0.717, 1.165) is 26.1 Å². The molecule has 2 unspecified atom stereocenters. The molecular weight excluding hydrogens is 414 g/mol. The van der Waals surface area contributed by atoms with Gasteiger partial charge in [-0.05, 0) is 42.3 Å². The summed E-state index contributed by atoms with van der Waals surface area (Å²) in [5, 5.41) is 3.14. The number of nitrogens with one attached hydrogen (secondary N) is 1. The van der Waals surface area contributed by atoms with Gasteiger partial charge in [-0.1, -0.05) is 36.4 Å². The van der Waals surface area contributed by atoms with Crippen LogP contribution in [0.15, 0.2) is 72.8 Å². The minimum atomic E-state index is -0.167. The molecule has 0 aliphatic carbocycles. The monoisotopic (exact) mass is 443 g/mol. The van der Waals surface area contributed by atoms with E-state index in [2.05, 4.69) is 63.6 Å². The molecule has 3 aromatic carbocycles. The highest BCUT2D eigenvalue weighted by atomic mass is 16.5. The molecule has 0 bridgehead atoms. The van der Waals surface area contributed by atoms with E-state index in [1.807, 2.05) is 24.3 Å². The number of para-hydroxylation sites is 2. The molecule has 170 valence electrons. The Kier molecular flexibility index (Phi) is 5.82. The number of piperazine rings is 1. The number of carbonyl (C=O) groups is 1. The number of hydrogen-bond donors (Lipinski definition) is 1. The fraction of sp³-hybridized carbons (Fsp3) is 0.296. The molecule has 3 aromatic rings. The van der Waals surface area contributed by atoms with Crippen molar-refractivity contribution >= 4 is 23.0 Å². The Bertz CT molecular complexity index is 1130. The summed E-state index contributed by atoms with van der Waals surface area (Å²) in [4.78, 5) is 18.4. The van der Waals surface area contributed by atoms with Crippen LogP contribution in [0.5, 0.6) is 11.5 Å². The number of benzene rings is 3. The zero-order chi connectivity index (χ0) is 22.8. The second-order valence-corrected chi connectivity index (χ2v) is 8.54. The maximum atomic E-state index is 13.6. The van der Waals surface area contributed by atoms with Gasteiger partial charge >= 0.3 is 0 Å². The summed E-state index contributed by atoms with van der Waals surface area (Å²) in [7, 11) is 3.20. The zero-order valence-electron chi connectivity index (χ0n) is 19.0. The molecular formula is C27H29N3O3. The molecule has 33 heavy (non-hydrogen) atoms. The van der Waals surface area contributed by atoms with Crippen LogP contribution in [-0.2, 0) is 11.2 Å². The van der Waals surface area contributed by atoms with Crippen molar-refractivity contribution in [2.24, 2.45) is 5.92 Å². The van der Waals surface area contributed by atoms with Crippen LogP contribution in [0, 0.1) is 5.92 Å². The predicted octanol–water partition coefficient (Wildman–Crippen LogP) is 4.21. The molecule has 0 radical (unpaired) electrons. The molecule has 2 aliphatic heterocycles. The lowest BCUT2D eigenvalue weighted by Crippen LogP contribution is -2.60. The Hall–Kier alpha value is -3.67. The van der Waals surface area contributed by atoms with Crippen molar-refractivity contribution < 1.29 is 14.3 Å². The number of amides is 1. The molecule has 0 aromatic heterocycles. The average molecular weight is 444 g/mol.